The van der Waals surface area contributed by atoms with Crippen molar-refractivity contribution in [3.8, 4) is 22.6 Å². The number of methoxy groups -OCH3 is 2. The van der Waals surface area contributed by atoms with Crippen LogP contribution in [0.5, 0.6) is 11.5 Å². The van der Waals surface area contributed by atoms with Crippen LogP contribution in [-0.2, 0) is 4.79 Å². The Balaban J connectivity index is 1.60. The van der Waals surface area contributed by atoms with Crippen LogP contribution < -0.4 is 14.8 Å². The predicted octanol–water partition coefficient (Wildman–Crippen LogP) is 5.14. The number of hydrogen-bond acceptors (Lipinski definition) is 6. The first-order valence-electron chi connectivity index (χ1n) is 9.87. The van der Waals surface area contributed by atoms with Crippen molar-refractivity contribution in [2.75, 3.05) is 19.5 Å². The summed E-state index contributed by atoms with van der Waals surface area (Å²) in [5, 5.41) is 3.91. The van der Waals surface area contributed by atoms with Crippen molar-refractivity contribution in [1.82, 2.24) is 9.36 Å². The number of carbonyl (C=O) groups is 1. The van der Waals surface area contributed by atoms with Gasteiger partial charge in [0.25, 0.3) is 0 Å². The van der Waals surface area contributed by atoms with Gasteiger partial charge in [-0.15, -0.1) is 0 Å². The molecule has 29 heavy (non-hydrogen) atoms. The molecule has 0 radical (unpaired) electrons. The van der Waals surface area contributed by atoms with Crippen molar-refractivity contribution < 1.29 is 14.3 Å². The maximum atomic E-state index is 12.7. The molecule has 0 saturated heterocycles. The number of benzene rings is 1. The molecule has 0 atom stereocenters. The highest BCUT2D eigenvalue weighted by Crippen LogP contribution is 2.35. The van der Waals surface area contributed by atoms with Gasteiger partial charge in [-0.2, -0.15) is 4.37 Å². The van der Waals surface area contributed by atoms with E-state index in [2.05, 4.69) is 21.6 Å². The third-order valence-corrected chi connectivity index (χ3v) is 6.45. The quantitative estimate of drug-likeness (QED) is 0.629. The molecule has 0 spiro atoms. The first-order valence-corrected chi connectivity index (χ1v) is 10.6. The number of anilines is 1. The molecule has 2 heterocycles. The molecule has 1 N–H and O–H groups in total. The van der Waals surface area contributed by atoms with E-state index in [1.165, 1.54) is 11.5 Å². The Hall–Kier alpha value is -2.67. The number of hydrogen-bond donors (Lipinski definition) is 1. The minimum atomic E-state index is 0.0700. The second kappa shape index (κ2) is 8.37. The van der Waals surface area contributed by atoms with E-state index in [-0.39, 0.29) is 11.8 Å². The molecule has 6 nitrogen and oxygen atoms in total. The molecule has 1 saturated carbocycles. The number of carbonyl (C=O) groups excluding carboxylic acids is 1. The van der Waals surface area contributed by atoms with Gasteiger partial charge >= 0.3 is 0 Å². The molecule has 1 aromatic carbocycles. The van der Waals surface area contributed by atoms with Gasteiger partial charge < -0.3 is 14.8 Å². The Morgan fingerprint density at radius 2 is 1.83 bits per heavy atom. The highest BCUT2D eigenvalue weighted by molar-refractivity contribution is 7.13. The first-order chi connectivity index (χ1) is 14.1. The predicted molar refractivity (Wildman–Crippen MR) is 116 cm³/mol. The fourth-order valence-corrected chi connectivity index (χ4v) is 4.51. The zero-order chi connectivity index (χ0) is 20.4. The lowest BCUT2D eigenvalue weighted by Gasteiger charge is -2.24. The average molecular weight is 412 g/mol. The molecule has 1 amide bonds. The summed E-state index contributed by atoms with van der Waals surface area (Å²) in [5.41, 5.74) is 1.89. The van der Waals surface area contributed by atoms with Gasteiger partial charge in [0.2, 0.25) is 5.91 Å². The topological polar surface area (TPSA) is 73.3 Å². The number of amides is 1. The van der Waals surface area contributed by atoms with Crippen LogP contribution >= 0.6 is 11.5 Å². The molecule has 4 rings (SSSR count). The average Bonchev–Trinajstić information content (AvgIpc) is 3.15. The van der Waals surface area contributed by atoms with E-state index >= 15 is 0 Å². The summed E-state index contributed by atoms with van der Waals surface area (Å²) < 4.78 is 15.2. The maximum absolute atomic E-state index is 12.7. The number of nitrogens with one attached hydrogen (secondary N) is 1. The molecule has 0 bridgehead atoms. The minimum Gasteiger partial charge on any atom is -0.493 e. The summed E-state index contributed by atoms with van der Waals surface area (Å²) in [7, 11) is 3.23. The van der Waals surface area contributed by atoms with Crippen molar-refractivity contribution in [2.24, 2.45) is 11.8 Å². The summed E-state index contributed by atoms with van der Waals surface area (Å²) in [4.78, 5) is 18.1. The van der Waals surface area contributed by atoms with Gasteiger partial charge in [-0.25, -0.2) is 4.98 Å². The molecule has 1 aliphatic rings. The van der Waals surface area contributed by atoms with Crippen molar-refractivity contribution in [2.45, 2.75) is 32.6 Å². The molecule has 7 heteroatoms. The molecule has 1 fully saturated rings. The molecule has 2 aromatic heterocycles. The molecular formula is C22H25N3O3S. The molecule has 3 aromatic rings. The van der Waals surface area contributed by atoms with Crippen LogP contribution in [0.2, 0.25) is 0 Å². The number of pyridine rings is 1. The van der Waals surface area contributed by atoms with E-state index in [4.69, 9.17) is 9.47 Å². The molecule has 0 unspecified atom stereocenters. The second-order valence-electron chi connectivity index (χ2n) is 7.62. The van der Waals surface area contributed by atoms with Gasteiger partial charge in [0.1, 0.15) is 4.83 Å². The van der Waals surface area contributed by atoms with Gasteiger partial charge in [-0.05, 0) is 66.9 Å². The molecular weight excluding hydrogens is 386 g/mol. The largest absolute Gasteiger partial charge is 0.493 e. The Labute approximate surface area is 174 Å². The van der Waals surface area contributed by atoms with Gasteiger partial charge in [-0.3, -0.25) is 4.79 Å². The number of fused-ring (bicyclic) bond motifs is 1. The maximum Gasteiger partial charge on any atom is 0.228 e. The van der Waals surface area contributed by atoms with Crippen molar-refractivity contribution in [1.29, 1.82) is 0 Å². The Bertz CT molecular complexity index is 1030. The van der Waals surface area contributed by atoms with Crippen LogP contribution in [0.25, 0.3) is 21.3 Å². The Morgan fingerprint density at radius 1 is 1.07 bits per heavy atom. The highest BCUT2D eigenvalue weighted by atomic mass is 32.1. The van der Waals surface area contributed by atoms with E-state index in [1.807, 2.05) is 30.5 Å². The molecule has 152 valence electrons. The third-order valence-electron chi connectivity index (χ3n) is 5.67. The lowest BCUT2D eigenvalue weighted by molar-refractivity contribution is -0.121. The lowest BCUT2D eigenvalue weighted by atomic mass is 9.82. The van der Waals surface area contributed by atoms with E-state index in [0.29, 0.717) is 23.2 Å². The van der Waals surface area contributed by atoms with Gasteiger partial charge in [0.15, 0.2) is 17.3 Å². The monoisotopic (exact) mass is 411 g/mol. The zero-order valence-corrected chi connectivity index (χ0v) is 17.7. The van der Waals surface area contributed by atoms with Crippen molar-refractivity contribution in [3.05, 3.63) is 30.5 Å². The van der Waals surface area contributed by atoms with Crippen LogP contribution in [0.4, 0.5) is 5.82 Å². The Kier molecular flexibility index (Phi) is 5.67. The fourth-order valence-electron chi connectivity index (χ4n) is 3.84. The van der Waals surface area contributed by atoms with E-state index < -0.39 is 0 Å². The molecule has 0 aliphatic heterocycles. The van der Waals surface area contributed by atoms with Crippen molar-refractivity contribution in [3.63, 3.8) is 0 Å². The summed E-state index contributed by atoms with van der Waals surface area (Å²) in [5.74, 6) is 2.80. The number of nitrogens with zero attached hydrogens (tertiary/aromatic N) is 2. The number of ether oxygens (including phenoxy) is 2. The normalized spacial score (nSPS) is 19.1. The van der Waals surface area contributed by atoms with Crippen LogP contribution in [0.3, 0.4) is 0 Å². The van der Waals surface area contributed by atoms with Gasteiger partial charge in [0.05, 0.1) is 19.6 Å². The SMILES string of the molecule is COc1ccc(-c2cnc3snc(NC(=O)C4CCC(C)CC4)c3c2)cc1OC. The lowest BCUT2D eigenvalue weighted by Crippen LogP contribution is -2.26. The summed E-state index contributed by atoms with van der Waals surface area (Å²) in [6, 6.07) is 7.77. The zero-order valence-electron chi connectivity index (χ0n) is 16.9. The van der Waals surface area contributed by atoms with E-state index in [1.54, 1.807) is 14.2 Å². The highest BCUT2D eigenvalue weighted by Gasteiger charge is 2.25. The van der Waals surface area contributed by atoms with Crippen LogP contribution in [0.1, 0.15) is 32.6 Å². The second-order valence-corrected chi connectivity index (χ2v) is 8.38. The van der Waals surface area contributed by atoms with Gasteiger partial charge in [0, 0.05) is 17.7 Å². The third kappa shape index (κ3) is 4.05. The number of aromatic nitrogens is 2. The van der Waals surface area contributed by atoms with Gasteiger partial charge in [-0.1, -0.05) is 13.0 Å². The number of rotatable bonds is 5. The summed E-state index contributed by atoms with van der Waals surface area (Å²) >= 11 is 1.30. The van der Waals surface area contributed by atoms with Crippen LogP contribution in [-0.4, -0.2) is 29.5 Å². The summed E-state index contributed by atoms with van der Waals surface area (Å²) in [6.07, 6.45) is 5.94. The summed E-state index contributed by atoms with van der Waals surface area (Å²) in [6.45, 7) is 2.25. The Morgan fingerprint density at radius 3 is 2.55 bits per heavy atom. The van der Waals surface area contributed by atoms with E-state index in [9.17, 15) is 4.79 Å². The van der Waals surface area contributed by atoms with Crippen LogP contribution in [0.15, 0.2) is 30.5 Å². The standard InChI is InChI=1S/C22H25N3O3S/c1-13-4-6-14(7-5-13)21(26)24-20-17-10-16(12-23-22(17)29-25-20)15-8-9-18(27-2)19(11-15)28-3/h8-14H,4-7H2,1-3H3,(H,24,25,26). The first kappa shape index (κ1) is 19.6. The van der Waals surface area contributed by atoms with E-state index in [0.717, 1.165) is 47.0 Å². The minimum absolute atomic E-state index is 0.0700. The van der Waals surface area contributed by atoms with Crippen LogP contribution in [0, 0.1) is 11.8 Å². The molecule has 1 aliphatic carbocycles. The smallest absolute Gasteiger partial charge is 0.228 e. The fraction of sp³-hybridized carbons (Fsp3) is 0.409. The van der Waals surface area contributed by atoms with Crippen molar-refractivity contribution >= 4 is 33.5 Å².